The minimum atomic E-state index is -0.947. The van der Waals surface area contributed by atoms with Gasteiger partial charge in [0.15, 0.2) is 0 Å². The topological polar surface area (TPSA) is 78.8 Å². The predicted octanol–water partition coefficient (Wildman–Crippen LogP) is 2.41. The number of nitrogens with zero attached hydrogens (tertiary/aromatic N) is 1. The highest BCUT2D eigenvalue weighted by Gasteiger charge is 2.36. The molecule has 6 heteroatoms. The van der Waals surface area contributed by atoms with Crippen LogP contribution in [0.3, 0.4) is 0 Å². The average Bonchev–Trinajstić information content (AvgIpc) is 2.16. The van der Waals surface area contributed by atoms with Crippen LogP contribution in [0, 0.1) is 4.91 Å². The molecule has 0 saturated heterocycles. The normalized spacial score (nSPS) is 13.4. The number of unbranched alkanes of at least 4 members (excludes halogenated alkanes) is 2. The van der Waals surface area contributed by atoms with E-state index in [9.17, 15) is 9.70 Å². The molecule has 0 heterocycles. The van der Waals surface area contributed by atoms with Crippen LogP contribution in [0.5, 0.6) is 0 Å². The van der Waals surface area contributed by atoms with Crippen LogP contribution in [0.25, 0.3) is 0 Å². The lowest BCUT2D eigenvalue weighted by atomic mass is 10.0. The maximum absolute atomic E-state index is 11.1. The zero-order valence-electron chi connectivity index (χ0n) is 10.0. The van der Waals surface area contributed by atoms with Crippen LogP contribution in [0.4, 0.5) is 0 Å². The van der Waals surface area contributed by atoms with Crippen molar-refractivity contribution >= 4 is 17.9 Å². The van der Waals surface area contributed by atoms with Gasteiger partial charge in [0.1, 0.15) is 6.04 Å². The van der Waals surface area contributed by atoms with Crippen LogP contribution in [0.2, 0.25) is 0 Å². The van der Waals surface area contributed by atoms with Crippen molar-refractivity contribution in [3.05, 3.63) is 4.91 Å². The number of carboxylic acids is 1. The summed E-state index contributed by atoms with van der Waals surface area (Å²) in [5.41, 5.74) is 0. The van der Waals surface area contributed by atoms with E-state index in [1.807, 2.05) is 0 Å². The summed E-state index contributed by atoms with van der Waals surface area (Å²) >= 11 is 0.760. The molecule has 0 aliphatic rings. The number of aliphatic carboxylic acids is 1. The van der Waals surface area contributed by atoms with E-state index in [2.05, 4.69) is 16.8 Å². The summed E-state index contributed by atoms with van der Waals surface area (Å²) in [6.07, 6.45) is 3.10. The molecule has 0 aromatic heterocycles. The Morgan fingerprint density at radius 3 is 2.56 bits per heavy atom. The van der Waals surface area contributed by atoms with Crippen molar-refractivity contribution < 1.29 is 9.90 Å². The zero-order chi connectivity index (χ0) is 12.6. The van der Waals surface area contributed by atoms with Crippen molar-refractivity contribution in [1.82, 2.24) is 5.32 Å². The molecule has 0 aromatic rings. The average molecular weight is 248 g/mol. The Morgan fingerprint density at radius 1 is 1.50 bits per heavy atom. The minimum Gasteiger partial charge on any atom is -0.480 e. The van der Waals surface area contributed by atoms with Gasteiger partial charge in [0.25, 0.3) is 0 Å². The van der Waals surface area contributed by atoms with Gasteiger partial charge in [0.2, 0.25) is 0 Å². The number of hydrogen-bond acceptors (Lipinski definition) is 5. The molecule has 0 amide bonds. The van der Waals surface area contributed by atoms with Gasteiger partial charge >= 0.3 is 5.97 Å². The van der Waals surface area contributed by atoms with Crippen LogP contribution >= 0.6 is 11.9 Å². The molecule has 0 saturated carbocycles. The van der Waals surface area contributed by atoms with Crippen LogP contribution in [-0.4, -0.2) is 28.4 Å². The maximum Gasteiger partial charge on any atom is 0.322 e. The Balaban J connectivity index is 4.26. The molecule has 1 atom stereocenters. The molecule has 0 unspecified atom stereocenters. The van der Waals surface area contributed by atoms with E-state index in [4.69, 9.17) is 5.11 Å². The Kier molecular flexibility index (Phi) is 7.33. The summed E-state index contributed by atoms with van der Waals surface area (Å²) < 4.78 is 1.98. The Morgan fingerprint density at radius 2 is 2.12 bits per heavy atom. The number of hydrogen-bond donors (Lipinski definition) is 2. The fraction of sp³-hybridized carbons (Fsp3) is 0.900. The molecule has 0 aliphatic carbocycles. The molecule has 0 aliphatic heterocycles. The lowest BCUT2D eigenvalue weighted by Gasteiger charge is -2.28. The lowest BCUT2D eigenvalue weighted by molar-refractivity contribution is -0.140. The molecule has 0 aromatic carbocycles. The Bertz CT molecular complexity index is 234. The summed E-state index contributed by atoms with van der Waals surface area (Å²) in [6.45, 7) is 6.13. The van der Waals surface area contributed by atoms with Crippen molar-refractivity contribution in [3.63, 3.8) is 0 Å². The molecule has 94 valence electrons. The first-order valence-electron chi connectivity index (χ1n) is 5.42. The van der Waals surface area contributed by atoms with Crippen molar-refractivity contribution in [2.24, 2.45) is 4.58 Å². The van der Waals surface area contributed by atoms with Crippen LogP contribution in [0.1, 0.15) is 40.0 Å². The Hall–Kier alpha value is -0.620. The van der Waals surface area contributed by atoms with Crippen molar-refractivity contribution in [1.29, 1.82) is 0 Å². The molecular formula is C10H20N2O3S. The number of nitrogens with one attached hydrogen (secondary N) is 1. The molecule has 0 spiro atoms. The third kappa shape index (κ3) is 5.46. The van der Waals surface area contributed by atoms with Crippen LogP contribution < -0.4 is 5.32 Å². The summed E-state index contributed by atoms with van der Waals surface area (Å²) in [5.74, 6) is -0.947. The van der Waals surface area contributed by atoms with Gasteiger partial charge in [-0.15, -0.1) is 4.91 Å². The second kappa shape index (κ2) is 7.62. The van der Waals surface area contributed by atoms with Crippen molar-refractivity contribution in [2.75, 3.05) is 6.54 Å². The molecule has 5 nitrogen and oxygen atoms in total. The quantitative estimate of drug-likeness (QED) is 0.372. The van der Waals surface area contributed by atoms with Gasteiger partial charge in [-0.2, -0.15) is 0 Å². The van der Waals surface area contributed by atoms with E-state index in [-0.39, 0.29) is 0 Å². The monoisotopic (exact) mass is 248 g/mol. The summed E-state index contributed by atoms with van der Waals surface area (Å²) in [7, 11) is 0. The summed E-state index contributed by atoms with van der Waals surface area (Å²) in [5, 5.41) is 12.0. The largest absolute Gasteiger partial charge is 0.480 e. The third-order valence-corrected chi connectivity index (χ3v) is 3.12. The molecule has 2 N–H and O–H groups in total. The van der Waals surface area contributed by atoms with Gasteiger partial charge in [0.05, 0.1) is 4.75 Å². The minimum absolute atomic E-state index is 0.646. The molecule has 0 fully saturated rings. The maximum atomic E-state index is 11.1. The second-order valence-corrected chi connectivity index (χ2v) is 5.59. The highest BCUT2D eigenvalue weighted by atomic mass is 32.2. The van der Waals surface area contributed by atoms with Crippen LogP contribution in [-0.2, 0) is 4.79 Å². The number of rotatable bonds is 9. The fourth-order valence-corrected chi connectivity index (χ4v) is 1.88. The molecular weight excluding hydrogens is 228 g/mol. The molecule has 0 radical (unpaired) electrons. The smallest absolute Gasteiger partial charge is 0.322 e. The van der Waals surface area contributed by atoms with E-state index in [1.54, 1.807) is 13.8 Å². The highest BCUT2D eigenvalue weighted by Crippen LogP contribution is 2.29. The van der Waals surface area contributed by atoms with Gasteiger partial charge in [-0.3, -0.25) is 4.79 Å². The van der Waals surface area contributed by atoms with E-state index in [1.165, 1.54) is 0 Å². The number of carboxylic acid groups (broad SMARTS) is 1. The first kappa shape index (κ1) is 15.4. The van der Waals surface area contributed by atoms with Gasteiger partial charge in [-0.1, -0.05) is 19.8 Å². The lowest BCUT2D eigenvalue weighted by Crippen LogP contribution is -2.50. The Labute approximate surface area is 100 Å². The van der Waals surface area contributed by atoms with Crippen molar-refractivity contribution in [2.45, 2.75) is 50.8 Å². The first-order valence-corrected chi connectivity index (χ1v) is 6.20. The van der Waals surface area contributed by atoms with Gasteiger partial charge in [0, 0.05) is 16.5 Å². The summed E-state index contributed by atoms with van der Waals surface area (Å²) in [4.78, 5) is 21.3. The van der Waals surface area contributed by atoms with E-state index >= 15 is 0 Å². The first-order chi connectivity index (χ1) is 7.45. The van der Waals surface area contributed by atoms with Gasteiger partial charge in [-0.05, 0) is 26.8 Å². The molecule has 0 rings (SSSR count). The van der Waals surface area contributed by atoms with Gasteiger partial charge < -0.3 is 10.4 Å². The molecule has 0 bridgehead atoms. The van der Waals surface area contributed by atoms with E-state index in [0.717, 1.165) is 31.2 Å². The van der Waals surface area contributed by atoms with Gasteiger partial charge in [-0.25, -0.2) is 0 Å². The standard InChI is InChI=1S/C10H20N2O3S/c1-4-5-6-7-11-8(9(13)14)10(2,3)16-12-15/h8,11H,4-7H2,1-3H3,(H,13,14)/t8-/m1/s1. The SMILES string of the molecule is CCCCCN[C@H](C(=O)O)C(C)(C)SN=O. The van der Waals surface area contributed by atoms with E-state index in [0.29, 0.717) is 6.54 Å². The zero-order valence-corrected chi connectivity index (χ0v) is 10.8. The molecule has 16 heavy (non-hydrogen) atoms. The predicted molar refractivity (Wildman–Crippen MR) is 66.4 cm³/mol. The highest BCUT2D eigenvalue weighted by molar-refractivity contribution is 7.99. The third-order valence-electron chi connectivity index (χ3n) is 2.34. The summed E-state index contributed by atoms with van der Waals surface area (Å²) in [6, 6.07) is -0.757. The second-order valence-electron chi connectivity index (χ2n) is 4.20. The number of nitroso groups, excluding NO2 is 1. The number of carbonyl (C=O) groups is 1. The van der Waals surface area contributed by atoms with E-state index < -0.39 is 16.8 Å². The van der Waals surface area contributed by atoms with Crippen molar-refractivity contribution in [3.8, 4) is 0 Å². The fourth-order valence-electron chi connectivity index (χ4n) is 1.40. The van der Waals surface area contributed by atoms with Crippen LogP contribution in [0.15, 0.2) is 4.58 Å².